The van der Waals surface area contributed by atoms with Crippen LogP contribution in [-0.2, 0) is 10.0 Å². The molecule has 0 saturated carbocycles. The van der Waals surface area contributed by atoms with Gasteiger partial charge in [-0.05, 0) is 51.0 Å². The van der Waals surface area contributed by atoms with E-state index in [1.807, 2.05) is 0 Å². The Morgan fingerprint density at radius 2 is 1.95 bits per heavy atom. The van der Waals surface area contributed by atoms with Crippen LogP contribution in [0.4, 0.5) is 0 Å². The molecule has 1 aliphatic heterocycles. The molecule has 1 aromatic rings. The first-order chi connectivity index (χ1) is 8.99. The van der Waals surface area contributed by atoms with Crippen LogP contribution in [0.1, 0.15) is 12.8 Å². The van der Waals surface area contributed by atoms with Gasteiger partial charge in [0.2, 0.25) is 10.0 Å². The number of rotatable bonds is 4. The van der Waals surface area contributed by atoms with Gasteiger partial charge in [-0.2, -0.15) is 0 Å². The summed E-state index contributed by atoms with van der Waals surface area (Å²) in [5.74, 6) is 0.411. The van der Waals surface area contributed by atoms with E-state index in [4.69, 9.17) is 11.6 Å². The van der Waals surface area contributed by atoms with Gasteiger partial charge in [0.1, 0.15) is 4.90 Å². The molecule has 0 radical (unpaired) electrons. The van der Waals surface area contributed by atoms with Crippen LogP contribution in [0.15, 0.2) is 29.2 Å². The van der Waals surface area contributed by atoms with Gasteiger partial charge in [-0.1, -0.05) is 23.7 Å². The summed E-state index contributed by atoms with van der Waals surface area (Å²) in [5.41, 5.74) is 0. The summed E-state index contributed by atoms with van der Waals surface area (Å²) < 4.78 is 27.0. The highest BCUT2D eigenvalue weighted by atomic mass is 35.5. The lowest BCUT2D eigenvalue weighted by molar-refractivity contribution is 0.220. The number of piperidine rings is 1. The van der Waals surface area contributed by atoms with Crippen LogP contribution in [-0.4, -0.2) is 40.0 Å². The second kappa shape index (κ2) is 6.22. The first-order valence-electron chi connectivity index (χ1n) is 6.42. The van der Waals surface area contributed by atoms with E-state index < -0.39 is 10.0 Å². The monoisotopic (exact) mass is 302 g/mol. The van der Waals surface area contributed by atoms with Gasteiger partial charge in [-0.15, -0.1) is 0 Å². The second-order valence-electron chi connectivity index (χ2n) is 5.03. The van der Waals surface area contributed by atoms with Crippen LogP contribution in [0.5, 0.6) is 0 Å². The number of nitrogens with zero attached hydrogens (tertiary/aromatic N) is 1. The third-order valence-electron chi connectivity index (χ3n) is 3.53. The quantitative estimate of drug-likeness (QED) is 0.925. The molecule has 19 heavy (non-hydrogen) atoms. The van der Waals surface area contributed by atoms with E-state index in [9.17, 15) is 8.42 Å². The minimum atomic E-state index is -3.50. The van der Waals surface area contributed by atoms with Gasteiger partial charge in [0.25, 0.3) is 0 Å². The van der Waals surface area contributed by atoms with E-state index in [-0.39, 0.29) is 9.92 Å². The van der Waals surface area contributed by atoms with Gasteiger partial charge in [0, 0.05) is 6.54 Å². The highest BCUT2D eigenvalue weighted by molar-refractivity contribution is 7.89. The molecule has 1 fully saturated rings. The molecule has 1 saturated heterocycles. The molecule has 1 aromatic carbocycles. The zero-order valence-corrected chi connectivity index (χ0v) is 12.5. The molecule has 0 aromatic heterocycles. The topological polar surface area (TPSA) is 49.4 Å². The fourth-order valence-corrected chi connectivity index (χ4v) is 3.87. The molecule has 0 spiro atoms. The molecule has 6 heteroatoms. The fraction of sp³-hybridized carbons (Fsp3) is 0.538. The molecule has 0 amide bonds. The van der Waals surface area contributed by atoms with E-state index in [1.54, 1.807) is 18.2 Å². The van der Waals surface area contributed by atoms with E-state index >= 15 is 0 Å². The molecule has 0 aliphatic carbocycles. The summed E-state index contributed by atoms with van der Waals surface area (Å²) in [4.78, 5) is 2.42. The lowest BCUT2D eigenvalue weighted by Gasteiger charge is -2.28. The SMILES string of the molecule is CN1CCC(CNS(=O)(=O)c2ccccc2Cl)CC1. The Kier molecular flexibility index (Phi) is 4.84. The Balaban J connectivity index is 1.97. The largest absolute Gasteiger partial charge is 0.306 e. The average molecular weight is 303 g/mol. The smallest absolute Gasteiger partial charge is 0.242 e. The van der Waals surface area contributed by atoms with E-state index in [2.05, 4.69) is 16.7 Å². The van der Waals surface area contributed by atoms with Crippen molar-refractivity contribution in [2.75, 3.05) is 26.7 Å². The van der Waals surface area contributed by atoms with Gasteiger partial charge >= 0.3 is 0 Å². The average Bonchev–Trinajstić information content (AvgIpc) is 2.38. The van der Waals surface area contributed by atoms with Crippen molar-refractivity contribution in [1.82, 2.24) is 9.62 Å². The predicted octanol–water partition coefficient (Wildman–Crippen LogP) is 1.96. The molecule has 106 valence electrons. The van der Waals surface area contributed by atoms with Crippen LogP contribution < -0.4 is 4.72 Å². The lowest BCUT2D eigenvalue weighted by atomic mass is 9.98. The van der Waals surface area contributed by atoms with Gasteiger partial charge in [-0.3, -0.25) is 0 Å². The predicted molar refractivity (Wildman–Crippen MR) is 76.9 cm³/mol. The van der Waals surface area contributed by atoms with Crippen LogP contribution >= 0.6 is 11.6 Å². The minimum Gasteiger partial charge on any atom is -0.306 e. The van der Waals surface area contributed by atoms with Gasteiger partial charge < -0.3 is 4.90 Å². The number of benzene rings is 1. The maximum atomic E-state index is 12.2. The van der Waals surface area contributed by atoms with Crippen LogP contribution in [0.25, 0.3) is 0 Å². The molecule has 0 atom stereocenters. The molecule has 0 bridgehead atoms. The lowest BCUT2D eigenvalue weighted by Crippen LogP contribution is -2.36. The van der Waals surface area contributed by atoms with Crippen molar-refractivity contribution in [2.24, 2.45) is 5.92 Å². The molecule has 1 aliphatic rings. The van der Waals surface area contributed by atoms with Crippen molar-refractivity contribution < 1.29 is 8.42 Å². The Labute approximate surface area is 119 Å². The van der Waals surface area contributed by atoms with Crippen molar-refractivity contribution in [3.05, 3.63) is 29.3 Å². The number of halogens is 1. The highest BCUT2D eigenvalue weighted by Crippen LogP contribution is 2.21. The van der Waals surface area contributed by atoms with Crippen molar-refractivity contribution in [3.63, 3.8) is 0 Å². The summed E-state index contributed by atoms with van der Waals surface area (Å²) in [5, 5.41) is 0.262. The molecular formula is C13H19ClN2O2S. The van der Waals surface area contributed by atoms with Crippen molar-refractivity contribution >= 4 is 21.6 Å². The maximum Gasteiger partial charge on any atom is 0.242 e. The Hall–Kier alpha value is -0.620. The zero-order valence-electron chi connectivity index (χ0n) is 11.0. The molecule has 2 rings (SSSR count). The Morgan fingerprint density at radius 3 is 2.58 bits per heavy atom. The molecule has 4 nitrogen and oxygen atoms in total. The zero-order chi connectivity index (χ0) is 13.9. The number of hydrogen-bond donors (Lipinski definition) is 1. The summed E-state index contributed by atoms with van der Waals surface area (Å²) in [6, 6.07) is 6.51. The van der Waals surface area contributed by atoms with E-state index in [1.165, 1.54) is 6.07 Å². The van der Waals surface area contributed by atoms with Gasteiger partial charge in [0.05, 0.1) is 5.02 Å². The van der Waals surface area contributed by atoms with Crippen LogP contribution in [0.3, 0.4) is 0 Å². The van der Waals surface area contributed by atoms with Gasteiger partial charge in [0.15, 0.2) is 0 Å². The fourth-order valence-electron chi connectivity index (χ4n) is 2.23. The summed E-state index contributed by atoms with van der Waals surface area (Å²) in [6.07, 6.45) is 2.06. The Morgan fingerprint density at radius 1 is 1.32 bits per heavy atom. The standard InChI is InChI=1S/C13H19ClN2O2S/c1-16-8-6-11(7-9-16)10-15-19(17,18)13-5-3-2-4-12(13)14/h2-5,11,15H,6-10H2,1H3. The first-order valence-corrected chi connectivity index (χ1v) is 8.28. The van der Waals surface area contributed by atoms with Crippen molar-refractivity contribution in [1.29, 1.82) is 0 Å². The van der Waals surface area contributed by atoms with Crippen molar-refractivity contribution in [2.45, 2.75) is 17.7 Å². The van der Waals surface area contributed by atoms with Crippen LogP contribution in [0.2, 0.25) is 5.02 Å². The van der Waals surface area contributed by atoms with Gasteiger partial charge in [-0.25, -0.2) is 13.1 Å². The first kappa shape index (κ1) is 14.8. The summed E-state index contributed by atoms with van der Waals surface area (Å²) in [7, 11) is -1.41. The third kappa shape index (κ3) is 3.92. The Bertz CT molecular complexity index is 525. The minimum absolute atomic E-state index is 0.157. The molecule has 1 heterocycles. The second-order valence-corrected chi connectivity index (χ2v) is 7.17. The van der Waals surface area contributed by atoms with Crippen molar-refractivity contribution in [3.8, 4) is 0 Å². The number of nitrogens with one attached hydrogen (secondary N) is 1. The maximum absolute atomic E-state index is 12.2. The van der Waals surface area contributed by atoms with E-state index in [0.29, 0.717) is 12.5 Å². The number of hydrogen-bond acceptors (Lipinski definition) is 3. The number of likely N-dealkylation sites (tertiary alicyclic amines) is 1. The number of sulfonamides is 1. The summed E-state index contributed by atoms with van der Waals surface area (Å²) >= 11 is 5.92. The van der Waals surface area contributed by atoms with Crippen LogP contribution in [0, 0.1) is 5.92 Å². The molecule has 1 N–H and O–H groups in total. The molecular weight excluding hydrogens is 284 g/mol. The third-order valence-corrected chi connectivity index (χ3v) is 5.45. The van der Waals surface area contributed by atoms with E-state index in [0.717, 1.165) is 25.9 Å². The summed E-state index contributed by atoms with van der Waals surface area (Å²) in [6.45, 7) is 2.54. The highest BCUT2D eigenvalue weighted by Gasteiger charge is 2.21. The normalized spacial score (nSPS) is 18.6. The molecule has 0 unspecified atom stereocenters.